The molecule has 2 N–H and O–H groups in total. The van der Waals surface area contributed by atoms with Crippen LogP contribution in [-0.2, 0) is 0 Å². The van der Waals surface area contributed by atoms with E-state index >= 15 is 0 Å². The maximum Gasteiger partial charge on any atom is 0.210 e. The SMILES string of the molecule is CCCCC(=O)c1nsc2c(-c3nnc(Nc4ccc5[nH]ncc5c4Cl)s3)ccnc12. The van der Waals surface area contributed by atoms with Crippen molar-refractivity contribution in [1.29, 1.82) is 0 Å². The molecule has 156 valence electrons. The minimum atomic E-state index is 0.0293. The molecule has 0 bridgehead atoms. The molecular formula is C20H16ClN7OS2. The number of halogens is 1. The second-order valence-corrected chi connectivity index (χ2v) is 9.02. The molecule has 0 aliphatic carbocycles. The van der Waals surface area contributed by atoms with E-state index in [9.17, 15) is 4.79 Å². The average Bonchev–Trinajstić information content (AvgIpc) is 3.53. The van der Waals surface area contributed by atoms with Crippen LogP contribution >= 0.6 is 34.5 Å². The first-order valence-corrected chi connectivity index (χ1v) is 11.6. The summed E-state index contributed by atoms with van der Waals surface area (Å²) in [6, 6.07) is 5.64. The lowest BCUT2D eigenvalue weighted by Crippen LogP contribution is -2.00. The molecule has 0 radical (unpaired) electrons. The van der Waals surface area contributed by atoms with Gasteiger partial charge in [-0.1, -0.05) is 36.3 Å². The van der Waals surface area contributed by atoms with Crippen LogP contribution in [0.3, 0.4) is 0 Å². The normalized spacial score (nSPS) is 11.4. The van der Waals surface area contributed by atoms with Gasteiger partial charge in [-0.3, -0.25) is 14.9 Å². The van der Waals surface area contributed by atoms with Gasteiger partial charge in [0.15, 0.2) is 10.8 Å². The minimum absolute atomic E-state index is 0.0293. The van der Waals surface area contributed by atoms with Crippen LogP contribution in [0.4, 0.5) is 10.8 Å². The third-order valence-electron chi connectivity index (χ3n) is 4.83. The monoisotopic (exact) mass is 469 g/mol. The molecule has 0 aliphatic rings. The van der Waals surface area contributed by atoms with Crippen molar-refractivity contribution in [1.82, 2.24) is 29.8 Å². The van der Waals surface area contributed by atoms with Crippen LogP contribution in [0.1, 0.15) is 36.7 Å². The van der Waals surface area contributed by atoms with Crippen LogP contribution in [0.5, 0.6) is 0 Å². The van der Waals surface area contributed by atoms with Crippen LogP contribution < -0.4 is 5.32 Å². The molecule has 5 rings (SSSR count). The smallest absolute Gasteiger partial charge is 0.210 e. The zero-order valence-electron chi connectivity index (χ0n) is 16.3. The Morgan fingerprint density at radius 1 is 1.26 bits per heavy atom. The number of pyridine rings is 1. The van der Waals surface area contributed by atoms with Crippen LogP contribution in [-0.4, -0.2) is 35.5 Å². The van der Waals surface area contributed by atoms with Crippen LogP contribution in [0.15, 0.2) is 30.6 Å². The lowest BCUT2D eigenvalue weighted by atomic mass is 10.1. The van der Waals surface area contributed by atoms with Gasteiger partial charge in [-0.05, 0) is 36.2 Å². The van der Waals surface area contributed by atoms with E-state index in [2.05, 4.69) is 42.0 Å². The van der Waals surface area contributed by atoms with Gasteiger partial charge in [-0.25, -0.2) is 0 Å². The molecule has 11 heteroatoms. The largest absolute Gasteiger partial charge is 0.329 e. The lowest BCUT2D eigenvalue weighted by Gasteiger charge is -2.05. The minimum Gasteiger partial charge on any atom is -0.329 e. The molecular weight excluding hydrogens is 454 g/mol. The summed E-state index contributed by atoms with van der Waals surface area (Å²) in [6.07, 6.45) is 5.66. The topological polar surface area (TPSA) is 109 Å². The summed E-state index contributed by atoms with van der Waals surface area (Å²) < 4.78 is 5.22. The highest BCUT2D eigenvalue weighted by atomic mass is 35.5. The van der Waals surface area contributed by atoms with Crippen molar-refractivity contribution in [3.63, 3.8) is 0 Å². The van der Waals surface area contributed by atoms with Crippen molar-refractivity contribution in [2.24, 2.45) is 0 Å². The Morgan fingerprint density at radius 2 is 2.16 bits per heavy atom. The van der Waals surface area contributed by atoms with Crippen molar-refractivity contribution in [2.45, 2.75) is 26.2 Å². The van der Waals surface area contributed by atoms with Gasteiger partial charge in [-0.2, -0.15) is 9.47 Å². The summed E-state index contributed by atoms with van der Waals surface area (Å²) in [6.45, 7) is 2.06. The zero-order valence-corrected chi connectivity index (χ0v) is 18.7. The number of aromatic amines is 1. The number of unbranched alkanes of at least 4 members (excludes halogenated alkanes) is 1. The molecule has 0 spiro atoms. The van der Waals surface area contributed by atoms with Crippen molar-refractivity contribution in [3.8, 4) is 10.6 Å². The highest BCUT2D eigenvalue weighted by molar-refractivity contribution is 7.19. The number of H-pyrrole nitrogens is 1. The van der Waals surface area contributed by atoms with Gasteiger partial charge in [0, 0.05) is 23.6 Å². The van der Waals surface area contributed by atoms with Crippen LogP contribution in [0, 0.1) is 0 Å². The number of carbonyl (C=O) groups is 1. The van der Waals surface area contributed by atoms with E-state index in [1.807, 2.05) is 18.2 Å². The Morgan fingerprint density at radius 3 is 3.03 bits per heavy atom. The number of anilines is 2. The van der Waals surface area contributed by atoms with E-state index in [0.717, 1.165) is 39.7 Å². The van der Waals surface area contributed by atoms with E-state index in [1.165, 1.54) is 22.9 Å². The number of benzene rings is 1. The fourth-order valence-corrected chi connectivity index (χ4v) is 5.21. The third kappa shape index (κ3) is 3.67. The van der Waals surface area contributed by atoms with E-state index < -0.39 is 0 Å². The standard InChI is InChI=1S/C20H16ClN7OS2/c1-2-3-4-14(29)16-17-18(31-28-16)10(7-8-22-17)19-26-27-20(30-19)24-13-6-5-12-11(15(13)21)9-23-25-12/h5-9H,2-4H2,1H3,(H,23,25)(H,24,27). The van der Waals surface area contributed by atoms with Crippen molar-refractivity contribution < 1.29 is 4.79 Å². The lowest BCUT2D eigenvalue weighted by molar-refractivity contribution is 0.0977. The zero-order chi connectivity index (χ0) is 21.4. The van der Waals surface area contributed by atoms with E-state index in [1.54, 1.807) is 12.4 Å². The Balaban J connectivity index is 1.46. The molecule has 31 heavy (non-hydrogen) atoms. The first-order valence-electron chi connectivity index (χ1n) is 9.65. The highest BCUT2D eigenvalue weighted by Crippen LogP contribution is 2.37. The Bertz CT molecular complexity index is 1410. The highest BCUT2D eigenvalue weighted by Gasteiger charge is 2.20. The molecule has 4 aromatic heterocycles. The molecule has 5 aromatic rings. The average molecular weight is 470 g/mol. The van der Waals surface area contributed by atoms with E-state index in [0.29, 0.717) is 32.8 Å². The maximum atomic E-state index is 12.5. The van der Waals surface area contributed by atoms with Crippen molar-refractivity contribution in [3.05, 3.63) is 41.3 Å². The number of nitrogens with one attached hydrogen (secondary N) is 2. The number of carbonyl (C=O) groups excluding carboxylic acids is 1. The van der Waals surface area contributed by atoms with Gasteiger partial charge in [0.25, 0.3) is 0 Å². The second-order valence-electron chi connectivity index (χ2n) is 6.89. The predicted octanol–water partition coefficient (Wildman–Crippen LogP) is 5.86. The fourth-order valence-electron chi connectivity index (χ4n) is 3.23. The molecule has 0 amide bonds. The summed E-state index contributed by atoms with van der Waals surface area (Å²) in [5.41, 5.74) is 3.51. The molecule has 1 aromatic carbocycles. The molecule has 0 fully saturated rings. The van der Waals surface area contributed by atoms with Crippen molar-refractivity contribution in [2.75, 3.05) is 5.32 Å². The van der Waals surface area contributed by atoms with Crippen LogP contribution in [0.25, 0.3) is 31.7 Å². The summed E-state index contributed by atoms with van der Waals surface area (Å²) in [5.74, 6) is 0.0293. The van der Waals surface area contributed by atoms with Gasteiger partial charge in [0.05, 0.1) is 27.1 Å². The Kier molecular flexibility index (Phi) is 5.34. The first-order chi connectivity index (χ1) is 15.2. The number of nitrogens with zero attached hydrogens (tertiary/aromatic N) is 5. The molecule has 0 saturated heterocycles. The molecule has 0 saturated carbocycles. The number of hydrogen-bond donors (Lipinski definition) is 2. The number of ketones is 1. The molecule has 0 unspecified atom stereocenters. The number of hydrogen-bond acceptors (Lipinski definition) is 9. The summed E-state index contributed by atoms with van der Waals surface area (Å²) in [5, 5.41) is 21.4. The molecule has 0 aliphatic heterocycles. The fraction of sp³-hybridized carbons (Fsp3) is 0.200. The van der Waals surface area contributed by atoms with Gasteiger partial charge < -0.3 is 5.32 Å². The quantitative estimate of drug-likeness (QED) is 0.287. The Hall–Kier alpha value is -2.95. The second kappa shape index (κ2) is 8.29. The predicted molar refractivity (Wildman–Crippen MR) is 125 cm³/mol. The van der Waals surface area contributed by atoms with Gasteiger partial charge in [0.2, 0.25) is 5.13 Å². The molecule has 4 heterocycles. The van der Waals surface area contributed by atoms with Crippen LogP contribution in [0.2, 0.25) is 5.02 Å². The van der Waals surface area contributed by atoms with E-state index in [4.69, 9.17) is 11.6 Å². The molecule has 8 nitrogen and oxygen atoms in total. The summed E-state index contributed by atoms with van der Waals surface area (Å²) in [4.78, 5) is 16.9. The van der Waals surface area contributed by atoms with E-state index in [-0.39, 0.29) is 5.78 Å². The van der Waals surface area contributed by atoms with Gasteiger partial charge in [-0.15, -0.1) is 10.2 Å². The summed E-state index contributed by atoms with van der Waals surface area (Å²) >= 11 is 9.15. The maximum absolute atomic E-state index is 12.5. The first kappa shape index (κ1) is 20.0. The van der Waals surface area contributed by atoms with Gasteiger partial charge >= 0.3 is 0 Å². The van der Waals surface area contributed by atoms with Crippen molar-refractivity contribution >= 4 is 72.2 Å². The van der Waals surface area contributed by atoms with Gasteiger partial charge in [0.1, 0.15) is 11.2 Å². The Labute approximate surface area is 189 Å². The third-order valence-corrected chi connectivity index (χ3v) is 6.98. The number of rotatable bonds is 7. The summed E-state index contributed by atoms with van der Waals surface area (Å²) in [7, 11) is 0. The number of fused-ring (bicyclic) bond motifs is 2. The number of Topliss-reactive ketones (excluding diaryl/α,β-unsaturated/α-hetero) is 1. The number of aromatic nitrogens is 6. The molecule has 0 atom stereocenters.